The van der Waals surface area contributed by atoms with Crippen LogP contribution in [0.3, 0.4) is 0 Å². The van der Waals surface area contributed by atoms with E-state index in [0.29, 0.717) is 42.9 Å². The average Bonchev–Trinajstić information content (AvgIpc) is 3.83. The number of nitrogens with zero attached hydrogens (tertiary/aromatic N) is 3. The molecule has 3 aliphatic rings. The van der Waals surface area contributed by atoms with Gasteiger partial charge in [0.25, 0.3) is 11.5 Å². The summed E-state index contributed by atoms with van der Waals surface area (Å²) < 4.78 is 24.3. The summed E-state index contributed by atoms with van der Waals surface area (Å²) in [7, 11) is 1.89. The molecule has 2 fully saturated rings. The number of hydrogen-bond donors (Lipinski definition) is 1. The van der Waals surface area contributed by atoms with Crippen molar-refractivity contribution in [3.8, 4) is 17.2 Å². The third kappa shape index (κ3) is 6.78. The Morgan fingerprint density at radius 1 is 1.02 bits per heavy atom. The molecule has 3 aromatic rings. The number of rotatable bonds is 13. The maximum atomic E-state index is 15.2. The third-order valence-electron chi connectivity index (χ3n) is 11.8. The number of aliphatic hydroxyl groups is 1. The summed E-state index contributed by atoms with van der Waals surface area (Å²) in [6, 6.07) is 16.7. The van der Waals surface area contributed by atoms with Gasteiger partial charge in [0.1, 0.15) is 5.75 Å². The lowest BCUT2D eigenvalue weighted by Crippen LogP contribution is -2.52. The number of aliphatic hydroxyl groups excluding tert-OH is 1. The molecule has 12 nitrogen and oxygen atoms in total. The van der Waals surface area contributed by atoms with Crippen LogP contribution in [0.1, 0.15) is 51.0 Å². The summed E-state index contributed by atoms with van der Waals surface area (Å²) in [5, 5.41) is 11.2. The molecule has 1 aromatic heterocycles. The van der Waals surface area contributed by atoms with Crippen molar-refractivity contribution in [1.82, 2.24) is 9.47 Å². The average molecular weight is 746 g/mol. The molecule has 53 heavy (non-hydrogen) atoms. The number of carbonyl (C=O) groups is 3. The molecule has 0 bridgehead atoms. The minimum Gasteiger partial charge on any atom is -0.497 e. The lowest BCUT2D eigenvalue weighted by Gasteiger charge is -2.37. The van der Waals surface area contributed by atoms with Gasteiger partial charge in [-0.15, -0.1) is 0 Å². The van der Waals surface area contributed by atoms with Crippen LogP contribution in [0.2, 0.25) is 18.6 Å². The molecule has 2 aromatic carbocycles. The molecule has 0 saturated carbocycles. The lowest BCUT2D eigenvalue weighted by molar-refractivity contribution is -0.150. The summed E-state index contributed by atoms with van der Waals surface area (Å²) in [4.78, 5) is 58.1. The quantitative estimate of drug-likeness (QED) is 0.156. The van der Waals surface area contributed by atoms with Crippen molar-refractivity contribution in [2.75, 3.05) is 45.9 Å². The maximum absolute atomic E-state index is 15.2. The Labute approximate surface area is 311 Å². The Kier molecular flexibility index (Phi) is 11.2. The predicted molar refractivity (Wildman–Crippen MR) is 203 cm³/mol. The molecule has 0 radical (unpaired) electrons. The smallest absolute Gasteiger partial charge is 0.305 e. The number of fused-ring (bicyclic) bond motifs is 2. The molecule has 4 heterocycles. The van der Waals surface area contributed by atoms with Gasteiger partial charge in [0.2, 0.25) is 5.91 Å². The van der Waals surface area contributed by atoms with Crippen LogP contribution in [-0.2, 0) is 29.5 Å². The largest absolute Gasteiger partial charge is 0.497 e. The van der Waals surface area contributed by atoms with Gasteiger partial charge in [-0.25, -0.2) is 0 Å². The van der Waals surface area contributed by atoms with Gasteiger partial charge in [-0.05, 0) is 73.7 Å². The fourth-order valence-electron chi connectivity index (χ4n) is 8.99. The number of amides is 2. The van der Waals surface area contributed by atoms with Crippen LogP contribution in [0.15, 0.2) is 65.6 Å². The first kappa shape index (κ1) is 38.3. The highest BCUT2D eigenvalue weighted by Crippen LogP contribution is 2.60. The summed E-state index contributed by atoms with van der Waals surface area (Å²) >= 11 is 0. The van der Waals surface area contributed by atoms with E-state index < -0.39 is 19.8 Å². The Hall–Kier alpha value is -4.46. The van der Waals surface area contributed by atoms with Crippen molar-refractivity contribution in [2.45, 2.75) is 81.8 Å². The molecular weight excluding hydrogens is 695 g/mol. The molecular formula is C40H51N3O9Si. The fraction of sp³-hybridized carbons (Fsp3) is 0.500. The lowest BCUT2D eigenvalue weighted by atomic mass is 9.82. The zero-order valence-electron chi connectivity index (χ0n) is 31.5. The van der Waals surface area contributed by atoms with Gasteiger partial charge >= 0.3 is 5.97 Å². The SMILES string of the molecule is COC(=O)CCCCN1C(=O)[C@]2(O[C@H](CC(=O)N3CCC[C@H]3CO)[C@@H]([Si](C)(C)c3ccc(OC)cc3)[C@@H]2C)c2cc(-n3cccc(OC)c3=O)ccc21. The second-order valence-electron chi connectivity index (χ2n) is 14.9. The summed E-state index contributed by atoms with van der Waals surface area (Å²) in [6.07, 6.45) is 4.01. The van der Waals surface area contributed by atoms with E-state index in [0.717, 1.165) is 23.8 Å². The van der Waals surface area contributed by atoms with E-state index in [1.807, 2.05) is 30.3 Å². The highest BCUT2D eigenvalue weighted by atomic mass is 28.3. The number of methoxy groups -OCH3 is 3. The molecule has 2 saturated heterocycles. The van der Waals surface area contributed by atoms with Crippen molar-refractivity contribution in [3.05, 3.63) is 76.7 Å². The van der Waals surface area contributed by atoms with Gasteiger partial charge < -0.3 is 33.9 Å². The third-order valence-corrected chi connectivity index (χ3v) is 16.1. The fourth-order valence-corrected chi connectivity index (χ4v) is 13.0. The first-order valence-electron chi connectivity index (χ1n) is 18.4. The Balaban J connectivity index is 1.47. The number of ether oxygens (including phenoxy) is 4. The first-order chi connectivity index (χ1) is 25.4. The standard InChI is InChI=1S/C40H51N3O9Si/c1-26-37(53(5,6)30-17-15-29(49-2)16-18-30)34(24-35(45)41-21-9-11-28(41)25-44)52-40(26)31-23-27(42-22-10-12-33(50-3)38(42)47)14-19-32(31)43(39(40)48)20-8-7-13-36(46)51-4/h10,12,14-19,22-23,26,28,34,37,44H,7-9,11,13,20-21,24-25H2,1-6H3/t26-,28-,34+,37-,40+/m0/s1. The van der Waals surface area contributed by atoms with E-state index in [9.17, 15) is 19.5 Å². The van der Waals surface area contributed by atoms with Crippen molar-refractivity contribution in [3.63, 3.8) is 0 Å². The van der Waals surface area contributed by atoms with Crippen LogP contribution in [0, 0.1) is 5.92 Å². The minimum absolute atomic E-state index is 0.0661. The van der Waals surface area contributed by atoms with E-state index in [1.54, 1.807) is 35.2 Å². The van der Waals surface area contributed by atoms with Crippen LogP contribution in [0.5, 0.6) is 11.5 Å². The van der Waals surface area contributed by atoms with Crippen LogP contribution >= 0.6 is 0 Å². The Bertz CT molecular complexity index is 1900. The molecule has 6 rings (SSSR count). The number of esters is 1. The van der Waals surface area contributed by atoms with Crippen LogP contribution in [0.4, 0.5) is 5.69 Å². The number of anilines is 1. The predicted octanol–water partition coefficient (Wildman–Crippen LogP) is 4.13. The van der Waals surface area contributed by atoms with E-state index in [1.165, 1.54) is 18.8 Å². The van der Waals surface area contributed by atoms with Gasteiger partial charge in [-0.1, -0.05) is 37.3 Å². The first-order valence-corrected chi connectivity index (χ1v) is 21.5. The molecule has 3 aliphatic heterocycles. The molecule has 0 aliphatic carbocycles. The van der Waals surface area contributed by atoms with Gasteiger partial charge in [0, 0.05) is 42.9 Å². The number of pyridine rings is 1. The molecule has 1 spiro atoms. The normalized spacial score (nSPS) is 23.8. The molecule has 1 N–H and O–H groups in total. The van der Waals surface area contributed by atoms with Crippen molar-refractivity contribution in [1.29, 1.82) is 0 Å². The van der Waals surface area contributed by atoms with E-state index in [4.69, 9.17) is 18.9 Å². The number of carbonyl (C=O) groups excluding carboxylic acids is 3. The summed E-state index contributed by atoms with van der Waals surface area (Å²) in [5.74, 6) is -0.0716. The van der Waals surface area contributed by atoms with E-state index in [-0.39, 0.29) is 66.0 Å². The van der Waals surface area contributed by atoms with Crippen LogP contribution < -0.4 is 25.1 Å². The van der Waals surface area contributed by atoms with Crippen molar-refractivity contribution < 1.29 is 38.4 Å². The topological polar surface area (TPSA) is 137 Å². The summed E-state index contributed by atoms with van der Waals surface area (Å²) in [6.45, 7) is 7.40. The second kappa shape index (κ2) is 15.5. The van der Waals surface area contributed by atoms with Gasteiger partial charge in [-0.3, -0.25) is 23.7 Å². The monoisotopic (exact) mass is 745 g/mol. The van der Waals surface area contributed by atoms with Crippen LogP contribution in [-0.4, -0.2) is 93.6 Å². The number of hydrogen-bond acceptors (Lipinski definition) is 9. The highest BCUT2D eigenvalue weighted by Gasteiger charge is 2.66. The number of unbranched alkanes of at least 4 members (excludes halogenated alkanes) is 1. The number of aromatic nitrogens is 1. The van der Waals surface area contributed by atoms with Gasteiger partial charge in [0.15, 0.2) is 11.4 Å². The molecule has 0 unspecified atom stereocenters. The van der Waals surface area contributed by atoms with Crippen molar-refractivity contribution in [2.24, 2.45) is 5.92 Å². The molecule has 284 valence electrons. The molecule has 2 amide bonds. The van der Waals surface area contributed by atoms with E-state index >= 15 is 4.79 Å². The Morgan fingerprint density at radius 3 is 2.45 bits per heavy atom. The van der Waals surface area contributed by atoms with Gasteiger partial charge in [0.05, 0.1) is 60.3 Å². The maximum Gasteiger partial charge on any atom is 0.305 e. The molecule has 5 atom stereocenters. The highest BCUT2D eigenvalue weighted by molar-refractivity contribution is 6.91. The summed E-state index contributed by atoms with van der Waals surface area (Å²) in [5.41, 5.74) is -0.114. The second-order valence-corrected chi connectivity index (χ2v) is 19.6. The molecule has 13 heteroatoms. The number of benzene rings is 2. The zero-order chi connectivity index (χ0) is 38.1. The van der Waals surface area contributed by atoms with Gasteiger partial charge in [-0.2, -0.15) is 0 Å². The number of likely N-dealkylation sites (tertiary alicyclic amines) is 1. The minimum atomic E-state index is -2.55. The van der Waals surface area contributed by atoms with Crippen molar-refractivity contribution >= 4 is 36.7 Å². The Morgan fingerprint density at radius 2 is 1.77 bits per heavy atom. The zero-order valence-corrected chi connectivity index (χ0v) is 32.5. The van der Waals surface area contributed by atoms with E-state index in [2.05, 4.69) is 32.2 Å². The van der Waals surface area contributed by atoms with Crippen LogP contribution in [0.25, 0.3) is 5.69 Å².